The van der Waals surface area contributed by atoms with E-state index in [1.807, 2.05) is 0 Å². The van der Waals surface area contributed by atoms with Crippen LogP contribution in [0.4, 0.5) is 0 Å². The maximum atomic E-state index is 9.97. The molecule has 0 spiro atoms. The first kappa shape index (κ1) is 19.7. The molecule has 0 radical (unpaired) electrons. The van der Waals surface area contributed by atoms with Crippen molar-refractivity contribution in [3.63, 3.8) is 0 Å². The van der Waals surface area contributed by atoms with Crippen molar-refractivity contribution < 1.29 is 5.11 Å². The Balaban J connectivity index is 3.88. The Labute approximate surface area is 128 Å². The molecule has 0 aromatic carbocycles. The van der Waals surface area contributed by atoms with Gasteiger partial charge in [-0.25, -0.2) is 0 Å². The van der Waals surface area contributed by atoms with E-state index in [-0.39, 0.29) is 5.04 Å². The molecule has 0 saturated carbocycles. The molecule has 2 heteroatoms. The van der Waals surface area contributed by atoms with Gasteiger partial charge in [-0.3, -0.25) is 0 Å². The van der Waals surface area contributed by atoms with Crippen molar-refractivity contribution in [2.75, 3.05) is 0 Å². The quantitative estimate of drug-likeness (QED) is 0.354. The van der Waals surface area contributed by atoms with Gasteiger partial charge in [0.2, 0.25) is 0 Å². The molecule has 0 saturated heterocycles. The lowest BCUT2D eigenvalue weighted by molar-refractivity contribution is 0.217. The molecule has 0 aromatic rings. The molecule has 1 N–H and O–H groups in total. The fraction of sp³-hybridized carbons (Fsp3) is 0.889. The van der Waals surface area contributed by atoms with Crippen LogP contribution in [0, 0.1) is 11.5 Å². The van der Waals surface area contributed by atoms with Crippen molar-refractivity contribution in [2.24, 2.45) is 0 Å². The molecule has 0 unspecified atom stereocenters. The van der Waals surface area contributed by atoms with Gasteiger partial charge in [0.25, 0.3) is 0 Å². The van der Waals surface area contributed by atoms with Crippen LogP contribution in [0.1, 0.15) is 79.1 Å². The first-order valence-electron chi connectivity index (χ1n) is 8.41. The second-order valence-corrected chi connectivity index (χ2v) is 12.6. The Kier molecular flexibility index (Phi) is 9.51. The number of aliphatic hydroxyl groups is 1. The van der Waals surface area contributed by atoms with Crippen LogP contribution in [0.25, 0.3) is 0 Å². The third-order valence-electron chi connectivity index (χ3n) is 4.51. The predicted molar refractivity (Wildman–Crippen MR) is 93.6 cm³/mol. The van der Waals surface area contributed by atoms with Gasteiger partial charge in [0, 0.05) is 0 Å². The SMILES string of the molecule is CCCCCCCCC[C@H](O)C#C[Si](C)(C)C(C)(C)C. The summed E-state index contributed by atoms with van der Waals surface area (Å²) in [5, 5.41) is 10.2. The summed E-state index contributed by atoms with van der Waals surface area (Å²) < 4.78 is 0. The normalized spacial score (nSPS) is 13.8. The van der Waals surface area contributed by atoms with Crippen LogP contribution < -0.4 is 0 Å². The van der Waals surface area contributed by atoms with E-state index in [2.05, 4.69) is 52.3 Å². The summed E-state index contributed by atoms with van der Waals surface area (Å²) in [6.07, 6.45) is 9.46. The molecule has 1 nitrogen and oxygen atoms in total. The Morgan fingerprint density at radius 3 is 1.95 bits per heavy atom. The van der Waals surface area contributed by atoms with Crippen LogP contribution in [0.15, 0.2) is 0 Å². The first-order valence-corrected chi connectivity index (χ1v) is 11.4. The van der Waals surface area contributed by atoms with E-state index in [4.69, 9.17) is 0 Å². The summed E-state index contributed by atoms with van der Waals surface area (Å²) in [4.78, 5) is 0. The minimum atomic E-state index is -1.56. The molecule has 0 aliphatic rings. The van der Waals surface area contributed by atoms with E-state index in [1.54, 1.807) is 0 Å². The van der Waals surface area contributed by atoms with Gasteiger partial charge in [-0.05, 0) is 17.9 Å². The van der Waals surface area contributed by atoms with Crippen LogP contribution >= 0.6 is 0 Å². The van der Waals surface area contributed by atoms with Crippen LogP contribution in [0.2, 0.25) is 18.1 Å². The zero-order valence-electron chi connectivity index (χ0n) is 14.7. The van der Waals surface area contributed by atoms with Crippen molar-refractivity contribution in [1.29, 1.82) is 0 Å². The topological polar surface area (TPSA) is 20.2 Å². The van der Waals surface area contributed by atoms with Gasteiger partial charge in [0.15, 0.2) is 0 Å². The second-order valence-electron chi connectivity index (χ2n) is 7.57. The summed E-state index contributed by atoms with van der Waals surface area (Å²) >= 11 is 0. The average molecular weight is 297 g/mol. The largest absolute Gasteiger partial charge is 0.380 e. The van der Waals surface area contributed by atoms with E-state index in [0.717, 1.165) is 12.8 Å². The predicted octanol–water partition coefficient (Wildman–Crippen LogP) is 5.54. The van der Waals surface area contributed by atoms with E-state index >= 15 is 0 Å². The van der Waals surface area contributed by atoms with E-state index in [9.17, 15) is 5.11 Å². The maximum absolute atomic E-state index is 9.97. The molecule has 0 amide bonds. The monoisotopic (exact) mass is 296 g/mol. The van der Waals surface area contributed by atoms with Crippen LogP contribution in [0.3, 0.4) is 0 Å². The molecular weight excluding hydrogens is 260 g/mol. The Morgan fingerprint density at radius 2 is 1.45 bits per heavy atom. The summed E-state index contributed by atoms with van der Waals surface area (Å²) in [6, 6.07) is 0. The highest BCUT2D eigenvalue weighted by molar-refractivity contribution is 6.87. The van der Waals surface area contributed by atoms with Crippen molar-refractivity contribution in [2.45, 2.75) is 103 Å². The maximum Gasteiger partial charge on any atom is 0.137 e. The van der Waals surface area contributed by atoms with Gasteiger partial charge in [0.05, 0.1) is 0 Å². The summed E-state index contributed by atoms with van der Waals surface area (Å²) in [5.41, 5.74) is 3.41. The summed E-state index contributed by atoms with van der Waals surface area (Å²) in [7, 11) is -1.56. The minimum Gasteiger partial charge on any atom is -0.380 e. The Bertz CT molecular complexity index is 304. The lowest BCUT2D eigenvalue weighted by atomic mass is 10.1. The summed E-state index contributed by atoms with van der Waals surface area (Å²) in [5.74, 6) is 3.11. The van der Waals surface area contributed by atoms with Crippen LogP contribution in [-0.4, -0.2) is 19.3 Å². The first-order chi connectivity index (χ1) is 9.20. The van der Waals surface area contributed by atoms with Crippen molar-refractivity contribution in [1.82, 2.24) is 0 Å². The fourth-order valence-corrected chi connectivity index (χ4v) is 2.72. The third kappa shape index (κ3) is 8.82. The zero-order valence-corrected chi connectivity index (χ0v) is 15.7. The molecule has 20 heavy (non-hydrogen) atoms. The molecule has 0 bridgehead atoms. The van der Waals surface area contributed by atoms with Gasteiger partial charge < -0.3 is 5.11 Å². The molecule has 1 atom stereocenters. The highest BCUT2D eigenvalue weighted by Gasteiger charge is 2.33. The molecule has 0 heterocycles. The zero-order chi connectivity index (χ0) is 15.6. The number of hydrogen-bond acceptors (Lipinski definition) is 1. The Morgan fingerprint density at radius 1 is 0.950 bits per heavy atom. The molecular formula is C18H36OSi. The van der Waals surface area contributed by atoms with E-state index in [0.29, 0.717) is 0 Å². The number of rotatable bonds is 8. The highest BCUT2D eigenvalue weighted by Crippen LogP contribution is 2.35. The minimum absolute atomic E-state index is 0.277. The second kappa shape index (κ2) is 9.63. The molecule has 118 valence electrons. The average Bonchev–Trinajstić information content (AvgIpc) is 2.34. The number of hydrogen-bond donors (Lipinski definition) is 1. The standard InChI is InChI=1S/C18H36OSi/c1-7-8-9-10-11-12-13-14-17(19)15-16-20(5,6)18(2,3)4/h17,19H,7-14H2,1-6H3/t17-/m0/s1. The van der Waals surface area contributed by atoms with Crippen LogP contribution in [-0.2, 0) is 0 Å². The summed E-state index contributed by atoms with van der Waals surface area (Å²) in [6.45, 7) is 13.6. The van der Waals surface area contributed by atoms with Gasteiger partial charge in [-0.15, -0.1) is 5.54 Å². The molecule has 0 fully saturated rings. The Hall–Kier alpha value is -0.263. The molecule has 0 aromatic heterocycles. The molecule has 0 aliphatic heterocycles. The van der Waals surface area contributed by atoms with E-state index < -0.39 is 14.2 Å². The van der Waals surface area contributed by atoms with Gasteiger partial charge in [0.1, 0.15) is 14.2 Å². The van der Waals surface area contributed by atoms with Gasteiger partial charge in [-0.2, -0.15) is 0 Å². The third-order valence-corrected chi connectivity index (χ3v) is 9.03. The molecule has 0 rings (SSSR count). The highest BCUT2D eigenvalue weighted by atomic mass is 28.3. The van der Waals surface area contributed by atoms with Crippen molar-refractivity contribution >= 4 is 8.07 Å². The van der Waals surface area contributed by atoms with Crippen molar-refractivity contribution in [3.05, 3.63) is 0 Å². The number of unbranched alkanes of at least 4 members (excludes halogenated alkanes) is 6. The van der Waals surface area contributed by atoms with Gasteiger partial charge >= 0.3 is 0 Å². The van der Waals surface area contributed by atoms with Crippen molar-refractivity contribution in [3.8, 4) is 11.5 Å². The van der Waals surface area contributed by atoms with E-state index in [1.165, 1.54) is 38.5 Å². The lowest BCUT2D eigenvalue weighted by Crippen LogP contribution is -2.35. The lowest BCUT2D eigenvalue weighted by Gasteiger charge is -2.31. The van der Waals surface area contributed by atoms with Crippen LogP contribution in [0.5, 0.6) is 0 Å². The number of aliphatic hydroxyl groups excluding tert-OH is 1. The molecule has 0 aliphatic carbocycles. The van der Waals surface area contributed by atoms with Gasteiger partial charge in [-0.1, -0.05) is 85.2 Å². The fourth-order valence-electron chi connectivity index (χ4n) is 1.82. The smallest absolute Gasteiger partial charge is 0.137 e.